The highest BCUT2D eigenvalue weighted by molar-refractivity contribution is 5.85. The second kappa shape index (κ2) is 6.00. The van der Waals surface area contributed by atoms with Crippen molar-refractivity contribution in [2.45, 2.75) is 20.8 Å². The molecule has 0 aromatic heterocycles. The van der Waals surface area contributed by atoms with Gasteiger partial charge in [-0.2, -0.15) is 0 Å². The molecule has 0 saturated carbocycles. The Hall–Kier alpha value is -1.10. The Labute approximate surface area is 103 Å². The third-order valence-corrected chi connectivity index (χ3v) is 3.08. The average molecular weight is 241 g/mol. The van der Waals surface area contributed by atoms with E-state index in [1.165, 1.54) is 0 Å². The molecular formula is C12H23N3O2. The number of amides is 2. The normalized spacial score (nSPS) is 24.0. The second-order valence-corrected chi connectivity index (χ2v) is 5.32. The molecule has 1 aliphatic rings. The van der Waals surface area contributed by atoms with Gasteiger partial charge in [0.25, 0.3) is 0 Å². The van der Waals surface area contributed by atoms with Crippen LogP contribution in [-0.2, 0) is 9.59 Å². The van der Waals surface area contributed by atoms with Gasteiger partial charge in [-0.3, -0.25) is 9.59 Å². The minimum Gasteiger partial charge on any atom is -0.368 e. The molecule has 0 unspecified atom stereocenters. The molecular weight excluding hydrogens is 218 g/mol. The van der Waals surface area contributed by atoms with Crippen molar-refractivity contribution in [3.63, 3.8) is 0 Å². The van der Waals surface area contributed by atoms with Gasteiger partial charge in [-0.25, -0.2) is 0 Å². The van der Waals surface area contributed by atoms with Crippen molar-refractivity contribution in [3.8, 4) is 0 Å². The van der Waals surface area contributed by atoms with E-state index in [1.807, 2.05) is 13.8 Å². The maximum atomic E-state index is 12.3. The van der Waals surface area contributed by atoms with Gasteiger partial charge in [0.15, 0.2) is 0 Å². The topological polar surface area (TPSA) is 75.4 Å². The summed E-state index contributed by atoms with van der Waals surface area (Å²) in [5.74, 6) is 0.244. The predicted molar refractivity (Wildman–Crippen MR) is 66.1 cm³/mol. The van der Waals surface area contributed by atoms with Gasteiger partial charge in [0, 0.05) is 13.1 Å². The zero-order valence-corrected chi connectivity index (χ0v) is 10.9. The van der Waals surface area contributed by atoms with Crippen LogP contribution in [-0.4, -0.2) is 42.9 Å². The van der Waals surface area contributed by atoms with Gasteiger partial charge >= 0.3 is 0 Å². The van der Waals surface area contributed by atoms with Crippen LogP contribution in [0.25, 0.3) is 0 Å². The Morgan fingerprint density at radius 1 is 1.41 bits per heavy atom. The SMILES string of the molecule is CC(C)CN(CC(N)=O)C(=O)[C@@H]1CNC[C@H]1C. The second-order valence-electron chi connectivity index (χ2n) is 5.32. The maximum Gasteiger partial charge on any atom is 0.237 e. The lowest BCUT2D eigenvalue weighted by Crippen LogP contribution is -2.45. The number of hydrogen-bond acceptors (Lipinski definition) is 3. The van der Waals surface area contributed by atoms with Crippen molar-refractivity contribution in [2.24, 2.45) is 23.5 Å². The van der Waals surface area contributed by atoms with Gasteiger partial charge in [-0.05, 0) is 18.4 Å². The molecule has 0 aromatic carbocycles. The monoisotopic (exact) mass is 241 g/mol. The number of carbonyl (C=O) groups is 2. The zero-order chi connectivity index (χ0) is 13.0. The van der Waals surface area contributed by atoms with Crippen LogP contribution in [0.15, 0.2) is 0 Å². The van der Waals surface area contributed by atoms with E-state index in [1.54, 1.807) is 4.90 Å². The van der Waals surface area contributed by atoms with Crippen molar-refractivity contribution in [1.29, 1.82) is 0 Å². The van der Waals surface area contributed by atoms with Gasteiger partial charge in [0.2, 0.25) is 11.8 Å². The lowest BCUT2D eigenvalue weighted by molar-refractivity contribution is -0.139. The Morgan fingerprint density at radius 2 is 2.06 bits per heavy atom. The summed E-state index contributed by atoms with van der Waals surface area (Å²) in [4.78, 5) is 24.9. The van der Waals surface area contributed by atoms with Crippen LogP contribution in [0.4, 0.5) is 0 Å². The first-order chi connectivity index (χ1) is 7.91. The Kier molecular flexibility index (Phi) is 4.93. The van der Waals surface area contributed by atoms with Gasteiger partial charge in [0.1, 0.15) is 0 Å². The molecule has 1 aliphatic heterocycles. The lowest BCUT2D eigenvalue weighted by Gasteiger charge is -2.27. The van der Waals surface area contributed by atoms with Gasteiger partial charge in [-0.15, -0.1) is 0 Å². The summed E-state index contributed by atoms with van der Waals surface area (Å²) in [6.07, 6.45) is 0. The highest BCUT2D eigenvalue weighted by atomic mass is 16.2. The molecule has 17 heavy (non-hydrogen) atoms. The van der Waals surface area contributed by atoms with Crippen molar-refractivity contribution in [1.82, 2.24) is 10.2 Å². The summed E-state index contributed by atoms with van der Waals surface area (Å²) in [6.45, 7) is 8.29. The summed E-state index contributed by atoms with van der Waals surface area (Å²) >= 11 is 0. The number of primary amides is 1. The van der Waals surface area contributed by atoms with Crippen LogP contribution in [0.1, 0.15) is 20.8 Å². The number of carbonyl (C=O) groups excluding carboxylic acids is 2. The van der Waals surface area contributed by atoms with Crippen LogP contribution in [0, 0.1) is 17.8 Å². The largest absolute Gasteiger partial charge is 0.368 e. The summed E-state index contributed by atoms with van der Waals surface area (Å²) in [6, 6.07) is 0. The van der Waals surface area contributed by atoms with Crippen molar-refractivity contribution in [3.05, 3.63) is 0 Å². The van der Waals surface area contributed by atoms with Gasteiger partial charge < -0.3 is 16.0 Å². The molecule has 98 valence electrons. The number of rotatable bonds is 5. The van der Waals surface area contributed by atoms with Crippen molar-refractivity contribution >= 4 is 11.8 Å². The summed E-state index contributed by atoms with van der Waals surface area (Å²) in [5.41, 5.74) is 5.19. The fourth-order valence-corrected chi connectivity index (χ4v) is 2.24. The van der Waals surface area contributed by atoms with E-state index < -0.39 is 5.91 Å². The van der Waals surface area contributed by atoms with Crippen LogP contribution < -0.4 is 11.1 Å². The number of nitrogens with two attached hydrogens (primary N) is 1. The van der Waals surface area contributed by atoms with Crippen LogP contribution in [0.2, 0.25) is 0 Å². The quantitative estimate of drug-likeness (QED) is 0.700. The molecule has 2 amide bonds. The Bertz CT molecular complexity index is 291. The van der Waals surface area contributed by atoms with Crippen LogP contribution in [0.5, 0.6) is 0 Å². The van der Waals surface area contributed by atoms with Crippen LogP contribution in [0.3, 0.4) is 0 Å². The summed E-state index contributed by atoms with van der Waals surface area (Å²) < 4.78 is 0. The van der Waals surface area contributed by atoms with E-state index in [-0.39, 0.29) is 18.4 Å². The average Bonchev–Trinajstić information content (AvgIpc) is 2.61. The molecule has 2 atom stereocenters. The zero-order valence-electron chi connectivity index (χ0n) is 10.9. The molecule has 0 aliphatic carbocycles. The first-order valence-electron chi connectivity index (χ1n) is 6.19. The van der Waals surface area contributed by atoms with E-state index >= 15 is 0 Å². The smallest absolute Gasteiger partial charge is 0.237 e. The molecule has 0 bridgehead atoms. The van der Waals surface area contributed by atoms with Crippen LogP contribution >= 0.6 is 0 Å². The minimum atomic E-state index is -0.447. The van der Waals surface area contributed by atoms with E-state index in [4.69, 9.17) is 5.73 Å². The molecule has 0 aromatic rings. The summed E-state index contributed by atoms with van der Waals surface area (Å²) in [5, 5.41) is 3.20. The lowest BCUT2D eigenvalue weighted by atomic mass is 9.96. The molecule has 5 nitrogen and oxygen atoms in total. The Balaban J connectivity index is 2.67. The molecule has 1 saturated heterocycles. The molecule has 0 radical (unpaired) electrons. The molecule has 0 spiro atoms. The number of nitrogens with one attached hydrogen (secondary N) is 1. The standard InChI is InChI=1S/C12H23N3O2/c1-8(2)6-15(7-11(13)16)12(17)10-5-14-4-9(10)3/h8-10,14H,4-7H2,1-3H3,(H2,13,16)/t9-,10-/m1/s1. The van der Waals surface area contributed by atoms with E-state index in [0.29, 0.717) is 24.9 Å². The minimum absolute atomic E-state index is 0.0203. The maximum absolute atomic E-state index is 12.3. The highest BCUT2D eigenvalue weighted by Gasteiger charge is 2.33. The predicted octanol–water partition coefficient (Wildman–Crippen LogP) is -0.188. The first kappa shape index (κ1) is 14.0. The highest BCUT2D eigenvalue weighted by Crippen LogP contribution is 2.19. The molecule has 1 fully saturated rings. The number of nitrogens with zero attached hydrogens (tertiary/aromatic N) is 1. The fraction of sp³-hybridized carbons (Fsp3) is 0.833. The third-order valence-electron chi connectivity index (χ3n) is 3.08. The van der Waals surface area contributed by atoms with Gasteiger partial charge in [-0.1, -0.05) is 20.8 Å². The number of hydrogen-bond donors (Lipinski definition) is 2. The third kappa shape index (κ3) is 4.00. The van der Waals surface area contributed by atoms with E-state index in [2.05, 4.69) is 12.2 Å². The van der Waals surface area contributed by atoms with E-state index in [0.717, 1.165) is 6.54 Å². The molecule has 1 rings (SSSR count). The Morgan fingerprint density at radius 3 is 2.47 bits per heavy atom. The van der Waals surface area contributed by atoms with Crippen molar-refractivity contribution < 1.29 is 9.59 Å². The fourth-order valence-electron chi connectivity index (χ4n) is 2.24. The van der Waals surface area contributed by atoms with Gasteiger partial charge in [0.05, 0.1) is 12.5 Å². The molecule has 1 heterocycles. The molecule has 3 N–H and O–H groups in total. The molecule has 5 heteroatoms. The van der Waals surface area contributed by atoms with E-state index in [9.17, 15) is 9.59 Å². The van der Waals surface area contributed by atoms with Crippen molar-refractivity contribution in [2.75, 3.05) is 26.2 Å². The first-order valence-corrected chi connectivity index (χ1v) is 6.19. The summed E-state index contributed by atoms with van der Waals surface area (Å²) in [7, 11) is 0.